The third kappa shape index (κ3) is 2.16. The lowest BCUT2D eigenvalue weighted by atomic mass is 10.3. The standard InChI is InChI=1S/C7H12N4O2/c8-7-3-9-11(10-7)4-6-5-12-1-2-13-6/h3,6H,1-2,4-5H2,(H2,8,10). The van der Waals surface area contributed by atoms with Gasteiger partial charge in [0.2, 0.25) is 0 Å². The molecule has 1 atom stereocenters. The van der Waals surface area contributed by atoms with Gasteiger partial charge in [0.25, 0.3) is 0 Å². The third-order valence-corrected chi connectivity index (χ3v) is 1.81. The van der Waals surface area contributed by atoms with E-state index in [-0.39, 0.29) is 6.10 Å². The molecule has 0 aliphatic carbocycles. The first kappa shape index (κ1) is 8.46. The van der Waals surface area contributed by atoms with Gasteiger partial charge in [-0.25, -0.2) is 0 Å². The number of rotatable bonds is 2. The molecule has 0 bridgehead atoms. The molecular formula is C7H12N4O2. The second-order valence-electron chi connectivity index (χ2n) is 2.89. The molecule has 2 N–H and O–H groups in total. The van der Waals surface area contributed by atoms with Crippen LogP contribution >= 0.6 is 0 Å². The SMILES string of the molecule is Nc1cnn(CC2COCCO2)n1. The highest BCUT2D eigenvalue weighted by Crippen LogP contribution is 2.03. The van der Waals surface area contributed by atoms with Crippen LogP contribution in [0.15, 0.2) is 6.20 Å². The highest BCUT2D eigenvalue weighted by atomic mass is 16.6. The Morgan fingerprint density at radius 3 is 3.15 bits per heavy atom. The number of hydrogen-bond acceptors (Lipinski definition) is 5. The minimum absolute atomic E-state index is 0.0422. The first-order valence-corrected chi connectivity index (χ1v) is 4.19. The molecule has 1 aliphatic heterocycles. The number of nitrogens with two attached hydrogens (primary N) is 1. The van der Waals surface area contributed by atoms with Gasteiger partial charge >= 0.3 is 0 Å². The van der Waals surface area contributed by atoms with Gasteiger partial charge in [-0.05, 0) is 0 Å². The van der Waals surface area contributed by atoms with Crippen molar-refractivity contribution >= 4 is 5.82 Å². The predicted molar refractivity (Wildman–Crippen MR) is 45.0 cm³/mol. The fourth-order valence-electron chi connectivity index (χ4n) is 1.22. The van der Waals surface area contributed by atoms with Crippen LogP contribution in [-0.2, 0) is 16.0 Å². The normalized spacial score (nSPS) is 23.2. The average Bonchev–Trinajstić information content (AvgIpc) is 2.53. The van der Waals surface area contributed by atoms with E-state index < -0.39 is 0 Å². The summed E-state index contributed by atoms with van der Waals surface area (Å²) in [6, 6.07) is 0. The van der Waals surface area contributed by atoms with E-state index in [1.54, 1.807) is 0 Å². The van der Waals surface area contributed by atoms with Gasteiger partial charge in [-0.15, -0.1) is 5.10 Å². The topological polar surface area (TPSA) is 75.2 Å². The summed E-state index contributed by atoms with van der Waals surface area (Å²) in [5, 5.41) is 7.91. The fourth-order valence-corrected chi connectivity index (χ4v) is 1.22. The second kappa shape index (κ2) is 3.71. The monoisotopic (exact) mass is 184 g/mol. The third-order valence-electron chi connectivity index (χ3n) is 1.81. The number of anilines is 1. The molecule has 1 aromatic heterocycles. The Bertz CT molecular complexity index is 269. The molecule has 1 aromatic rings. The van der Waals surface area contributed by atoms with Crippen LogP contribution in [0, 0.1) is 0 Å². The molecule has 2 rings (SSSR count). The van der Waals surface area contributed by atoms with Crippen molar-refractivity contribution in [2.45, 2.75) is 12.6 Å². The van der Waals surface area contributed by atoms with Crippen molar-refractivity contribution in [3.05, 3.63) is 6.20 Å². The van der Waals surface area contributed by atoms with Crippen molar-refractivity contribution in [2.75, 3.05) is 25.6 Å². The Balaban J connectivity index is 1.89. The Hall–Kier alpha value is -1.14. The molecule has 0 saturated carbocycles. The maximum atomic E-state index is 5.42. The molecule has 6 nitrogen and oxygen atoms in total. The van der Waals surface area contributed by atoms with Crippen LogP contribution in [0.1, 0.15) is 0 Å². The van der Waals surface area contributed by atoms with Gasteiger partial charge in [0, 0.05) is 0 Å². The summed E-state index contributed by atoms with van der Waals surface area (Å²) in [4.78, 5) is 1.52. The molecule has 72 valence electrons. The average molecular weight is 184 g/mol. The molecule has 1 aliphatic rings. The van der Waals surface area contributed by atoms with Crippen LogP contribution < -0.4 is 5.73 Å². The maximum absolute atomic E-state index is 5.42. The molecule has 13 heavy (non-hydrogen) atoms. The summed E-state index contributed by atoms with van der Waals surface area (Å²) in [5.74, 6) is 0.428. The smallest absolute Gasteiger partial charge is 0.165 e. The molecule has 1 saturated heterocycles. The number of nitrogen functional groups attached to an aromatic ring is 1. The predicted octanol–water partition coefficient (Wildman–Crippen LogP) is -0.724. The Kier molecular flexibility index (Phi) is 2.42. The van der Waals surface area contributed by atoms with Crippen molar-refractivity contribution in [2.24, 2.45) is 0 Å². The number of aromatic nitrogens is 3. The maximum Gasteiger partial charge on any atom is 0.165 e. The quantitative estimate of drug-likeness (QED) is 0.656. The van der Waals surface area contributed by atoms with Gasteiger partial charge < -0.3 is 15.2 Å². The Labute approximate surface area is 75.6 Å². The molecule has 1 unspecified atom stereocenters. The summed E-state index contributed by atoms with van der Waals surface area (Å²) >= 11 is 0. The highest BCUT2D eigenvalue weighted by molar-refractivity contribution is 5.19. The molecule has 6 heteroatoms. The number of ether oxygens (including phenoxy) is 2. The van der Waals surface area contributed by atoms with E-state index in [2.05, 4.69) is 10.2 Å². The van der Waals surface area contributed by atoms with Gasteiger partial charge in [0.15, 0.2) is 5.82 Å². The van der Waals surface area contributed by atoms with Gasteiger partial charge in [-0.3, -0.25) is 0 Å². The van der Waals surface area contributed by atoms with E-state index in [0.29, 0.717) is 32.2 Å². The van der Waals surface area contributed by atoms with Crippen molar-refractivity contribution in [1.82, 2.24) is 15.0 Å². The van der Waals surface area contributed by atoms with Crippen molar-refractivity contribution < 1.29 is 9.47 Å². The largest absolute Gasteiger partial charge is 0.381 e. The Morgan fingerprint density at radius 2 is 2.54 bits per heavy atom. The zero-order valence-corrected chi connectivity index (χ0v) is 7.22. The number of nitrogens with zero attached hydrogens (tertiary/aromatic N) is 3. The lowest BCUT2D eigenvalue weighted by Crippen LogP contribution is -2.32. The van der Waals surface area contributed by atoms with Crippen LogP contribution in [0.4, 0.5) is 5.82 Å². The van der Waals surface area contributed by atoms with Gasteiger partial charge in [-0.2, -0.15) is 9.90 Å². The molecule has 1 fully saturated rings. The van der Waals surface area contributed by atoms with Gasteiger partial charge in [0.05, 0.1) is 32.6 Å². The van der Waals surface area contributed by atoms with E-state index in [4.69, 9.17) is 15.2 Å². The van der Waals surface area contributed by atoms with E-state index in [9.17, 15) is 0 Å². The summed E-state index contributed by atoms with van der Waals surface area (Å²) in [6.07, 6.45) is 1.56. The minimum Gasteiger partial charge on any atom is -0.381 e. The highest BCUT2D eigenvalue weighted by Gasteiger charge is 2.15. The van der Waals surface area contributed by atoms with E-state index in [0.717, 1.165) is 0 Å². The first-order chi connectivity index (χ1) is 6.34. The lowest BCUT2D eigenvalue weighted by Gasteiger charge is -2.21. The van der Waals surface area contributed by atoms with Crippen molar-refractivity contribution in [3.63, 3.8) is 0 Å². The van der Waals surface area contributed by atoms with Crippen LogP contribution in [-0.4, -0.2) is 40.9 Å². The Morgan fingerprint density at radius 1 is 1.62 bits per heavy atom. The molecular weight excluding hydrogens is 172 g/mol. The van der Waals surface area contributed by atoms with E-state index in [1.165, 1.54) is 11.0 Å². The van der Waals surface area contributed by atoms with Gasteiger partial charge in [-0.1, -0.05) is 0 Å². The number of hydrogen-bond donors (Lipinski definition) is 1. The van der Waals surface area contributed by atoms with E-state index >= 15 is 0 Å². The minimum atomic E-state index is 0.0422. The van der Waals surface area contributed by atoms with Crippen LogP contribution in [0.5, 0.6) is 0 Å². The van der Waals surface area contributed by atoms with Crippen LogP contribution in [0.2, 0.25) is 0 Å². The molecule has 0 spiro atoms. The van der Waals surface area contributed by atoms with Crippen LogP contribution in [0.25, 0.3) is 0 Å². The van der Waals surface area contributed by atoms with Crippen molar-refractivity contribution in [3.8, 4) is 0 Å². The molecule has 0 radical (unpaired) electrons. The second-order valence-corrected chi connectivity index (χ2v) is 2.89. The van der Waals surface area contributed by atoms with Crippen molar-refractivity contribution in [1.29, 1.82) is 0 Å². The van der Waals surface area contributed by atoms with E-state index in [1.807, 2.05) is 0 Å². The lowest BCUT2D eigenvalue weighted by molar-refractivity contribution is -0.0958. The molecule has 2 heterocycles. The molecule has 0 amide bonds. The fraction of sp³-hybridized carbons (Fsp3) is 0.714. The summed E-state index contributed by atoms with van der Waals surface area (Å²) in [7, 11) is 0. The summed E-state index contributed by atoms with van der Waals surface area (Å²) in [5.41, 5.74) is 5.42. The van der Waals surface area contributed by atoms with Gasteiger partial charge in [0.1, 0.15) is 6.10 Å². The molecule has 0 aromatic carbocycles. The van der Waals surface area contributed by atoms with Crippen LogP contribution in [0.3, 0.4) is 0 Å². The summed E-state index contributed by atoms with van der Waals surface area (Å²) < 4.78 is 10.7. The first-order valence-electron chi connectivity index (χ1n) is 4.19. The zero-order valence-electron chi connectivity index (χ0n) is 7.22. The summed E-state index contributed by atoms with van der Waals surface area (Å²) in [6.45, 7) is 2.51. The zero-order chi connectivity index (χ0) is 9.10.